The fraction of sp³-hybridized carbons (Fsp3) is 0.452. The molecule has 1 saturated heterocycles. The van der Waals surface area contributed by atoms with Crippen LogP contribution < -0.4 is 9.47 Å². The molecular formula is C31H31F3N2O4. The number of aliphatic hydroxyl groups is 1. The summed E-state index contributed by atoms with van der Waals surface area (Å²) in [7, 11) is 3.27. The number of rotatable bonds is 4. The van der Waals surface area contributed by atoms with Crippen molar-refractivity contribution in [1.82, 2.24) is 9.80 Å². The Balaban J connectivity index is 1.34. The van der Waals surface area contributed by atoms with E-state index in [0.29, 0.717) is 49.3 Å². The van der Waals surface area contributed by atoms with Crippen LogP contribution in [0.2, 0.25) is 0 Å². The molecule has 0 radical (unpaired) electrons. The molecule has 2 bridgehead atoms. The zero-order valence-electron chi connectivity index (χ0n) is 22.4. The number of likely N-dealkylation sites (N-methyl/N-ethyl adjacent to an activating group) is 1. The molecule has 1 amide bonds. The number of alkyl halides is 3. The first-order valence-corrected chi connectivity index (χ1v) is 13.5. The summed E-state index contributed by atoms with van der Waals surface area (Å²) in [5, 5.41) is 12.5. The number of halogens is 3. The maximum absolute atomic E-state index is 13.3. The highest BCUT2D eigenvalue weighted by molar-refractivity contribution is 5.94. The lowest BCUT2D eigenvalue weighted by Gasteiger charge is -2.64. The van der Waals surface area contributed by atoms with Gasteiger partial charge in [-0.05, 0) is 68.1 Å². The summed E-state index contributed by atoms with van der Waals surface area (Å²) in [5.41, 5.74) is -0.113. The van der Waals surface area contributed by atoms with Crippen molar-refractivity contribution < 1.29 is 32.5 Å². The number of ether oxygens (including phenoxy) is 2. The molecule has 1 saturated carbocycles. The fourth-order valence-electron chi connectivity index (χ4n) is 7.64. The Bertz CT molecular complexity index is 1430. The molecule has 2 aliphatic carbocycles. The number of benzene rings is 2. The van der Waals surface area contributed by atoms with Crippen LogP contribution in [0, 0.1) is 11.8 Å². The third kappa shape index (κ3) is 3.69. The molecule has 2 aromatic rings. The predicted molar refractivity (Wildman–Crippen MR) is 142 cm³/mol. The van der Waals surface area contributed by atoms with Crippen LogP contribution in [0.3, 0.4) is 0 Å². The van der Waals surface area contributed by atoms with Gasteiger partial charge < -0.3 is 19.5 Å². The molecule has 0 aromatic heterocycles. The molecule has 9 heteroatoms. The smallest absolute Gasteiger partial charge is 0.416 e. The maximum atomic E-state index is 13.3. The highest BCUT2D eigenvalue weighted by Gasteiger charge is 2.73. The highest BCUT2D eigenvalue weighted by atomic mass is 19.4. The van der Waals surface area contributed by atoms with Crippen molar-refractivity contribution in [3.8, 4) is 23.3 Å². The summed E-state index contributed by atoms with van der Waals surface area (Å²) in [6.45, 7) is 5.35. The highest BCUT2D eigenvalue weighted by Crippen LogP contribution is 2.65. The van der Waals surface area contributed by atoms with Gasteiger partial charge in [0.05, 0.1) is 29.7 Å². The summed E-state index contributed by atoms with van der Waals surface area (Å²) in [5.74, 6) is 6.08. The Labute approximate surface area is 231 Å². The Morgan fingerprint density at radius 3 is 2.70 bits per heavy atom. The largest absolute Gasteiger partial charge is 0.493 e. The molecule has 0 unspecified atom stereocenters. The Morgan fingerprint density at radius 2 is 2.02 bits per heavy atom. The Morgan fingerprint density at radius 1 is 1.27 bits per heavy atom. The molecule has 2 aliphatic heterocycles. The van der Waals surface area contributed by atoms with Crippen LogP contribution in [-0.4, -0.2) is 71.8 Å². The minimum atomic E-state index is -4.44. The average molecular weight is 553 g/mol. The van der Waals surface area contributed by atoms with Gasteiger partial charge >= 0.3 is 6.18 Å². The summed E-state index contributed by atoms with van der Waals surface area (Å²) < 4.78 is 51.0. The van der Waals surface area contributed by atoms with Gasteiger partial charge in [-0.25, -0.2) is 0 Å². The van der Waals surface area contributed by atoms with E-state index in [1.54, 1.807) is 19.1 Å². The number of likely N-dealkylation sites (tertiary alicyclic amines) is 1. The molecule has 2 fully saturated rings. The lowest BCUT2D eigenvalue weighted by atomic mass is 9.48. The maximum Gasteiger partial charge on any atom is 0.416 e. The molecule has 2 heterocycles. The average Bonchev–Trinajstić information content (AvgIpc) is 3.28. The second kappa shape index (κ2) is 9.28. The van der Waals surface area contributed by atoms with Gasteiger partial charge in [-0.1, -0.05) is 18.1 Å². The van der Waals surface area contributed by atoms with Gasteiger partial charge in [-0.15, -0.1) is 6.58 Å². The van der Waals surface area contributed by atoms with Crippen LogP contribution in [0.25, 0.3) is 0 Å². The van der Waals surface area contributed by atoms with E-state index in [-0.39, 0.29) is 12.1 Å². The summed E-state index contributed by atoms with van der Waals surface area (Å²) in [6.07, 6.45) is -0.745. The van der Waals surface area contributed by atoms with Crippen molar-refractivity contribution in [1.29, 1.82) is 0 Å². The van der Waals surface area contributed by atoms with E-state index in [1.807, 2.05) is 12.1 Å². The molecule has 6 rings (SSSR count). The first kappa shape index (κ1) is 26.7. The SMILES string of the molecule is C=CCN1CC[C@]23c4c5ccc(OC)c4O[C@H]2[C@@H](N(C)C(=O)C#Cc2ccc(C(F)(F)F)cc2)CC[C@@]3(O)[C@H]1C5. The number of piperidine rings is 1. The van der Waals surface area contributed by atoms with Gasteiger partial charge in [0.2, 0.25) is 0 Å². The zero-order valence-corrected chi connectivity index (χ0v) is 22.4. The topological polar surface area (TPSA) is 62.2 Å². The number of amides is 1. The predicted octanol–water partition coefficient (Wildman–Crippen LogP) is 3.93. The van der Waals surface area contributed by atoms with Gasteiger partial charge in [0, 0.05) is 36.7 Å². The van der Waals surface area contributed by atoms with Gasteiger partial charge in [-0.3, -0.25) is 9.69 Å². The number of methoxy groups -OCH3 is 1. The minimum Gasteiger partial charge on any atom is -0.493 e. The first-order valence-electron chi connectivity index (χ1n) is 13.5. The van der Waals surface area contributed by atoms with Crippen LogP contribution >= 0.6 is 0 Å². The third-order valence-corrected chi connectivity index (χ3v) is 9.45. The van der Waals surface area contributed by atoms with Crippen molar-refractivity contribution in [2.45, 2.75) is 61.1 Å². The Kier molecular flexibility index (Phi) is 6.20. The normalized spacial score (nSPS) is 29.9. The number of hydrogen-bond donors (Lipinski definition) is 1. The zero-order chi connectivity index (χ0) is 28.4. The van der Waals surface area contributed by atoms with E-state index >= 15 is 0 Å². The van der Waals surface area contributed by atoms with E-state index in [0.717, 1.165) is 29.8 Å². The minimum absolute atomic E-state index is 0.112. The molecule has 4 aliphatic rings. The molecule has 6 nitrogen and oxygen atoms in total. The van der Waals surface area contributed by atoms with Crippen molar-refractivity contribution in [2.24, 2.45) is 0 Å². The van der Waals surface area contributed by atoms with Crippen LogP contribution in [-0.2, 0) is 22.8 Å². The van der Waals surface area contributed by atoms with E-state index in [9.17, 15) is 23.1 Å². The third-order valence-electron chi connectivity index (χ3n) is 9.45. The van der Waals surface area contributed by atoms with Crippen LogP contribution in [0.5, 0.6) is 11.5 Å². The second-order valence-electron chi connectivity index (χ2n) is 11.2. The molecule has 2 aromatic carbocycles. The first-order chi connectivity index (χ1) is 19.0. The van der Waals surface area contributed by atoms with Crippen molar-refractivity contribution in [3.63, 3.8) is 0 Å². The van der Waals surface area contributed by atoms with Crippen LogP contribution in [0.4, 0.5) is 13.2 Å². The summed E-state index contributed by atoms with van der Waals surface area (Å²) >= 11 is 0. The molecule has 1 spiro atoms. The van der Waals surface area contributed by atoms with Gasteiger partial charge in [0.1, 0.15) is 6.10 Å². The van der Waals surface area contributed by atoms with Crippen LogP contribution in [0.1, 0.15) is 41.5 Å². The lowest BCUT2D eigenvalue weighted by Crippen LogP contribution is -2.78. The second-order valence-corrected chi connectivity index (χ2v) is 11.2. The summed E-state index contributed by atoms with van der Waals surface area (Å²) in [6, 6.07) is 7.89. The molecule has 40 heavy (non-hydrogen) atoms. The van der Waals surface area contributed by atoms with E-state index in [1.165, 1.54) is 12.1 Å². The van der Waals surface area contributed by atoms with Crippen molar-refractivity contribution >= 4 is 5.91 Å². The van der Waals surface area contributed by atoms with Gasteiger partial charge in [-0.2, -0.15) is 13.2 Å². The number of hydrogen-bond acceptors (Lipinski definition) is 5. The van der Waals surface area contributed by atoms with Crippen molar-refractivity contribution in [3.05, 3.63) is 71.3 Å². The fourth-order valence-corrected chi connectivity index (χ4v) is 7.64. The molecule has 5 atom stereocenters. The summed E-state index contributed by atoms with van der Waals surface area (Å²) in [4.78, 5) is 17.1. The molecule has 210 valence electrons. The van der Waals surface area contributed by atoms with E-state index in [2.05, 4.69) is 29.4 Å². The number of nitrogens with zero attached hydrogens (tertiary/aromatic N) is 2. The monoisotopic (exact) mass is 552 g/mol. The van der Waals surface area contributed by atoms with E-state index < -0.39 is 34.8 Å². The quantitative estimate of drug-likeness (QED) is 0.460. The van der Waals surface area contributed by atoms with Gasteiger partial charge in [0.25, 0.3) is 5.91 Å². The number of carbonyl (C=O) groups is 1. The van der Waals surface area contributed by atoms with Crippen LogP contribution in [0.15, 0.2) is 49.1 Å². The lowest BCUT2D eigenvalue weighted by molar-refractivity contribution is -0.197. The Hall–Kier alpha value is -3.48. The van der Waals surface area contributed by atoms with E-state index in [4.69, 9.17) is 9.47 Å². The molecule has 1 N–H and O–H groups in total. The van der Waals surface area contributed by atoms with Gasteiger partial charge in [0.15, 0.2) is 11.5 Å². The standard InChI is InChI=1S/C31H31F3N2O4/c1-4-16-36-17-15-29-26-20-8-11-23(39-3)27(26)40-28(29)22(13-14-30(29,38)24(36)18-20)35(2)25(37)12-7-19-5-9-21(10-6-19)31(32,33)34/h4-6,8-11,22,24,28,38H,1,13-18H2,2-3H3/t22-,24+,28-,29-,30+/m0/s1. The molecular weight excluding hydrogens is 521 g/mol. The van der Waals surface area contributed by atoms with Crippen molar-refractivity contribution in [2.75, 3.05) is 27.2 Å². The number of carbonyl (C=O) groups excluding carboxylic acids is 1.